The zero-order valence-corrected chi connectivity index (χ0v) is 12.8. The van der Waals surface area contributed by atoms with Gasteiger partial charge in [-0.3, -0.25) is 4.79 Å². The van der Waals surface area contributed by atoms with Crippen LogP contribution in [0.3, 0.4) is 0 Å². The molecule has 0 saturated carbocycles. The lowest BCUT2D eigenvalue weighted by molar-refractivity contribution is 0.0682. The van der Waals surface area contributed by atoms with Crippen molar-refractivity contribution in [3.63, 3.8) is 0 Å². The third-order valence-corrected chi connectivity index (χ3v) is 5.78. The van der Waals surface area contributed by atoms with Crippen LogP contribution in [0.15, 0.2) is 6.07 Å². The van der Waals surface area contributed by atoms with Crippen molar-refractivity contribution in [3.05, 3.63) is 21.4 Å². The van der Waals surface area contributed by atoms with E-state index in [9.17, 15) is 9.90 Å². The molecule has 0 radical (unpaired) electrons. The quantitative estimate of drug-likeness (QED) is 0.910. The van der Waals surface area contributed by atoms with Crippen LogP contribution in [-0.4, -0.2) is 35.1 Å². The van der Waals surface area contributed by atoms with Crippen LogP contribution in [0, 0.1) is 0 Å². The number of hydrogen-bond donors (Lipinski definition) is 1. The van der Waals surface area contributed by atoms with Gasteiger partial charge in [0.05, 0.1) is 17.5 Å². The first-order chi connectivity index (χ1) is 9.79. The largest absolute Gasteiger partial charge is 0.394 e. The molecule has 4 heteroatoms. The highest BCUT2D eigenvalue weighted by Gasteiger charge is 2.30. The summed E-state index contributed by atoms with van der Waals surface area (Å²) in [4.78, 5) is 16.8. The van der Waals surface area contributed by atoms with Crippen LogP contribution in [0.5, 0.6) is 0 Å². The van der Waals surface area contributed by atoms with Gasteiger partial charge in [0, 0.05) is 11.4 Å². The Morgan fingerprint density at radius 1 is 1.25 bits per heavy atom. The molecule has 1 fully saturated rings. The number of thiophene rings is 1. The Balaban J connectivity index is 1.79. The summed E-state index contributed by atoms with van der Waals surface area (Å²) < 4.78 is 0. The van der Waals surface area contributed by atoms with Crippen molar-refractivity contribution in [3.8, 4) is 0 Å². The summed E-state index contributed by atoms with van der Waals surface area (Å²) in [6.45, 7) is 0.892. The van der Waals surface area contributed by atoms with E-state index in [2.05, 4.69) is 6.07 Å². The molecule has 3 nitrogen and oxygen atoms in total. The van der Waals surface area contributed by atoms with Crippen molar-refractivity contribution in [1.82, 2.24) is 4.90 Å². The average Bonchev–Trinajstić information content (AvgIpc) is 3.04. The van der Waals surface area contributed by atoms with Gasteiger partial charge in [0.25, 0.3) is 5.91 Å². The van der Waals surface area contributed by atoms with Gasteiger partial charge in [-0.25, -0.2) is 0 Å². The van der Waals surface area contributed by atoms with E-state index in [1.807, 2.05) is 4.90 Å². The monoisotopic (exact) mass is 293 g/mol. The summed E-state index contributed by atoms with van der Waals surface area (Å²) in [5, 5.41) is 9.38. The maximum Gasteiger partial charge on any atom is 0.264 e. The summed E-state index contributed by atoms with van der Waals surface area (Å²) in [6.07, 6.45) is 9.36. The normalized spacial score (nSPS) is 23.2. The number of aryl methyl sites for hydroxylation is 2. The van der Waals surface area contributed by atoms with Gasteiger partial charge >= 0.3 is 0 Å². The van der Waals surface area contributed by atoms with E-state index in [0.717, 1.165) is 37.1 Å². The number of nitrogens with zero attached hydrogens (tertiary/aromatic N) is 1. The van der Waals surface area contributed by atoms with Crippen LogP contribution in [-0.2, 0) is 12.8 Å². The Hall–Kier alpha value is -0.870. The van der Waals surface area contributed by atoms with Crippen molar-refractivity contribution in [2.75, 3.05) is 13.2 Å². The van der Waals surface area contributed by atoms with Gasteiger partial charge in [-0.1, -0.05) is 12.8 Å². The van der Waals surface area contributed by atoms with Crippen molar-refractivity contribution >= 4 is 17.2 Å². The minimum absolute atomic E-state index is 0.0344. The van der Waals surface area contributed by atoms with Crippen LogP contribution >= 0.6 is 11.3 Å². The fraction of sp³-hybridized carbons (Fsp3) is 0.688. The van der Waals surface area contributed by atoms with E-state index < -0.39 is 0 Å². The van der Waals surface area contributed by atoms with Gasteiger partial charge in [-0.05, 0) is 50.2 Å². The molecule has 2 heterocycles. The van der Waals surface area contributed by atoms with Crippen molar-refractivity contribution in [1.29, 1.82) is 0 Å². The number of fused-ring (bicyclic) bond motifs is 1. The Morgan fingerprint density at radius 3 is 2.85 bits per heavy atom. The molecule has 110 valence electrons. The molecule has 1 amide bonds. The van der Waals surface area contributed by atoms with Crippen molar-refractivity contribution < 1.29 is 9.90 Å². The molecule has 0 bridgehead atoms. The molecule has 1 aromatic rings. The van der Waals surface area contributed by atoms with Gasteiger partial charge in [-0.15, -0.1) is 11.3 Å². The lowest BCUT2D eigenvalue weighted by Gasteiger charge is -2.22. The van der Waals surface area contributed by atoms with Crippen LogP contribution in [0.1, 0.15) is 58.6 Å². The number of rotatable bonds is 2. The molecular formula is C16H23NO2S. The predicted molar refractivity (Wildman–Crippen MR) is 81.3 cm³/mol. The Kier molecular flexibility index (Phi) is 4.41. The van der Waals surface area contributed by atoms with Crippen LogP contribution in [0.4, 0.5) is 0 Å². The SMILES string of the molecule is O=C(c1cc2c(s1)CCCCCC2)N1CCC[C@@H]1CO. The fourth-order valence-electron chi connectivity index (χ4n) is 3.38. The van der Waals surface area contributed by atoms with Gasteiger partial charge in [-0.2, -0.15) is 0 Å². The molecule has 0 spiro atoms. The average molecular weight is 293 g/mol. The van der Waals surface area contributed by atoms with Crippen LogP contribution < -0.4 is 0 Å². The smallest absolute Gasteiger partial charge is 0.264 e. The molecule has 0 unspecified atom stereocenters. The number of carbonyl (C=O) groups is 1. The first-order valence-electron chi connectivity index (χ1n) is 7.83. The molecular weight excluding hydrogens is 270 g/mol. The topological polar surface area (TPSA) is 40.5 Å². The molecule has 20 heavy (non-hydrogen) atoms. The molecule has 3 rings (SSSR count). The van der Waals surface area contributed by atoms with Gasteiger partial charge in [0.1, 0.15) is 0 Å². The Bertz CT molecular complexity index is 457. The second-order valence-corrected chi connectivity index (χ2v) is 7.09. The van der Waals surface area contributed by atoms with Crippen LogP contribution in [0.25, 0.3) is 0 Å². The van der Waals surface area contributed by atoms with E-state index in [1.165, 1.54) is 36.1 Å². The first-order valence-corrected chi connectivity index (χ1v) is 8.64. The van der Waals surface area contributed by atoms with E-state index in [-0.39, 0.29) is 18.6 Å². The maximum atomic E-state index is 12.6. The molecule has 1 atom stereocenters. The second-order valence-electron chi connectivity index (χ2n) is 5.95. The van der Waals surface area contributed by atoms with Gasteiger partial charge in [0.2, 0.25) is 0 Å². The molecule has 0 aromatic carbocycles. The number of likely N-dealkylation sites (tertiary alicyclic amines) is 1. The van der Waals surface area contributed by atoms with E-state index >= 15 is 0 Å². The number of aliphatic hydroxyl groups is 1. The Morgan fingerprint density at radius 2 is 2.05 bits per heavy atom. The van der Waals surface area contributed by atoms with Gasteiger partial charge < -0.3 is 10.0 Å². The van der Waals surface area contributed by atoms with E-state index in [1.54, 1.807) is 11.3 Å². The van der Waals surface area contributed by atoms with E-state index in [4.69, 9.17) is 0 Å². The summed E-state index contributed by atoms with van der Waals surface area (Å²) in [5.74, 6) is 0.137. The summed E-state index contributed by atoms with van der Waals surface area (Å²) in [5.41, 5.74) is 1.40. The highest BCUT2D eigenvalue weighted by atomic mass is 32.1. The molecule has 1 N–H and O–H groups in total. The molecule has 1 aliphatic heterocycles. The minimum atomic E-state index is 0.0344. The van der Waals surface area contributed by atoms with Crippen molar-refractivity contribution in [2.24, 2.45) is 0 Å². The molecule has 2 aliphatic rings. The summed E-state index contributed by atoms with van der Waals surface area (Å²) in [7, 11) is 0. The third-order valence-electron chi connectivity index (χ3n) is 4.56. The highest BCUT2D eigenvalue weighted by molar-refractivity contribution is 7.14. The zero-order valence-electron chi connectivity index (χ0n) is 11.9. The second kappa shape index (κ2) is 6.27. The van der Waals surface area contributed by atoms with Crippen molar-refractivity contribution in [2.45, 2.75) is 57.4 Å². The zero-order chi connectivity index (χ0) is 13.9. The number of amides is 1. The first kappa shape index (κ1) is 14.1. The Labute approximate surface area is 124 Å². The lowest BCUT2D eigenvalue weighted by atomic mass is 10.00. The number of carbonyl (C=O) groups excluding carboxylic acids is 1. The van der Waals surface area contributed by atoms with Crippen LogP contribution in [0.2, 0.25) is 0 Å². The number of hydrogen-bond acceptors (Lipinski definition) is 3. The highest BCUT2D eigenvalue weighted by Crippen LogP contribution is 2.30. The summed E-state index contributed by atoms with van der Waals surface area (Å²) in [6, 6.07) is 2.16. The third kappa shape index (κ3) is 2.77. The number of aliphatic hydroxyl groups excluding tert-OH is 1. The molecule has 1 aliphatic carbocycles. The molecule has 1 aromatic heterocycles. The standard InChI is InChI=1S/C16H23NO2S/c18-11-13-7-5-9-17(13)16(19)15-10-12-6-3-1-2-4-8-14(12)20-15/h10,13,18H,1-9,11H2/t13-/m1/s1. The minimum Gasteiger partial charge on any atom is -0.394 e. The van der Waals surface area contributed by atoms with E-state index in [0.29, 0.717) is 0 Å². The van der Waals surface area contributed by atoms with Gasteiger partial charge in [0.15, 0.2) is 0 Å². The fourth-order valence-corrected chi connectivity index (χ4v) is 4.59. The predicted octanol–water partition coefficient (Wildman–Crippen LogP) is 3.00. The lowest BCUT2D eigenvalue weighted by Crippen LogP contribution is -2.37. The maximum absolute atomic E-state index is 12.6. The summed E-state index contributed by atoms with van der Waals surface area (Å²) >= 11 is 1.69. The molecule has 1 saturated heterocycles.